The fourth-order valence-corrected chi connectivity index (χ4v) is 3.94. The van der Waals surface area contributed by atoms with E-state index < -0.39 is 53.6 Å². The molecule has 4 N–H and O–H groups in total. The maximum Gasteiger partial charge on any atom is 0.446 e. The van der Waals surface area contributed by atoms with E-state index in [1.54, 1.807) is 0 Å². The quantitative estimate of drug-likeness (QED) is 0.404. The monoisotopic (exact) mass is 427 g/mol. The first-order valence-electron chi connectivity index (χ1n) is 6.62. The highest BCUT2D eigenvalue weighted by Gasteiger charge is 2.21. The van der Waals surface area contributed by atoms with Gasteiger partial charge < -0.3 is 9.92 Å². The molecule has 0 aliphatic rings. The summed E-state index contributed by atoms with van der Waals surface area (Å²) in [5.74, 6) is -1.33. The van der Waals surface area contributed by atoms with Gasteiger partial charge in [0.2, 0.25) is 0 Å². The van der Waals surface area contributed by atoms with Crippen molar-refractivity contribution >= 4 is 47.1 Å². The fourth-order valence-electron chi connectivity index (χ4n) is 2.04. The average Bonchev–Trinajstić information content (AvgIpc) is 2.44. The van der Waals surface area contributed by atoms with Crippen LogP contribution in [0, 0.1) is 0 Å². The van der Waals surface area contributed by atoms with Gasteiger partial charge in [0.1, 0.15) is 0 Å². The molecule has 0 bridgehead atoms. The highest BCUT2D eigenvalue weighted by Crippen LogP contribution is 2.32. The third-order valence-electron chi connectivity index (χ3n) is 3.05. The molecule has 0 saturated carbocycles. The number of anilines is 1. The average molecular weight is 427 g/mol. The van der Waals surface area contributed by atoms with Gasteiger partial charge in [0.25, 0.3) is 0 Å². The molecular formula is C12H13NO10S3. The van der Waals surface area contributed by atoms with Gasteiger partial charge in [-0.2, -0.15) is 16.8 Å². The number of sulfone groups is 1. The van der Waals surface area contributed by atoms with Crippen LogP contribution < -0.4 is 9.92 Å². The first-order chi connectivity index (χ1) is 11.8. The smallest absolute Gasteiger partial charge is 0.399 e. The van der Waals surface area contributed by atoms with Crippen molar-refractivity contribution < 1.29 is 42.7 Å². The predicted octanol–water partition coefficient (Wildman–Crippen LogP) is 0.197. The zero-order valence-corrected chi connectivity index (χ0v) is 15.2. The number of hydrogen-bond donors (Lipinski definition) is 3. The molecular weight excluding hydrogens is 414 g/mol. The third-order valence-corrected chi connectivity index (χ3v) is 5.57. The summed E-state index contributed by atoms with van der Waals surface area (Å²) in [5.41, 5.74) is 5.84. The lowest BCUT2D eigenvalue weighted by atomic mass is 10.1. The highest BCUT2D eigenvalue weighted by atomic mass is 32.3. The van der Waals surface area contributed by atoms with E-state index >= 15 is 0 Å². The van der Waals surface area contributed by atoms with Crippen LogP contribution in [0.15, 0.2) is 35.2 Å². The molecule has 2 rings (SSSR count). The van der Waals surface area contributed by atoms with Crippen LogP contribution in [0.1, 0.15) is 0 Å². The van der Waals surface area contributed by atoms with E-state index in [9.17, 15) is 25.3 Å². The van der Waals surface area contributed by atoms with Gasteiger partial charge in [-0.3, -0.25) is 9.11 Å². The van der Waals surface area contributed by atoms with Crippen molar-refractivity contribution in [3.8, 4) is 5.75 Å². The molecule has 0 atom stereocenters. The molecule has 2 aromatic rings. The standard InChI is InChI=1S/C12H13NO10S3/c13-9-2-1-8-5-10(24(14,15)4-3-22-25(16,17)18)7-12(11(8)6-9)23-26(19,20)21/h1-2,5-7H,3-4,13H2,(H,16,17,18)(H,19,20,21). The first-order valence-corrected chi connectivity index (χ1v) is 11.0. The Kier molecular flexibility index (Phi) is 5.46. The minimum absolute atomic E-state index is 0.121. The Balaban J connectivity index is 2.52. The molecule has 0 spiro atoms. The van der Waals surface area contributed by atoms with Crippen LogP contribution in [0.2, 0.25) is 0 Å². The number of fused-ring (bicyclic) bond motifs is 1. The highest BCUT2D eigenvalue weighted by molar-refractivity contribution is 7.91. The number of benzene rings is 2. The van der Waals surface area contributed by atoms with Crippen LogP contribution >= 0.6 is 0 Å². The number of nitrogen functional groups attached to an aromatic ring is 1. The molecule has 0 aliphatic carbocycles. The van der Waals surface area contributed by atoms with Gasteiger partial charge in [0, 0.05) is 17.1 Å². The first kappa shape index (κ1) is 20.3. The maximum absolute atomic E-state index is 12.3. The zero-order chi connectivity index (χ0) is 19.8. The number of nitrogens with two attached hydrogens (primary N) is 1. The van der Waals surface area contributed by atoms with Crippen molar-refractivity contribution in [2.75, 3.05) is 18.1 Å². The van der Waals surface area contributed by atoms with Crippen LogP contribution in [0.25, 0.3) is 10.8 Å². The van der Waals surface area contributed by atoms with E-state index in [-0.39, 0.29) is 16.5 Å². The Bertz CT molecular complexity index is 1150. The summed E-state index contributed by atoms with van der Waals surface area (Å²) in [4.78, 5) is -0.424. The molecule has 0 aromatic heterocycles. The molecule has 0 aliphatic heterocycles. The molecule has 26 heavy (non-hydrogen) atoms. The second-order valence-corrected chi connectivity index (χ2v) is 9.20. The normalized spacial score (nSPS) is 13.0. The van der Waals surface area contributed by atoms with Gasteiger partial charge in [0.05, 0.1) is 17.3 Å². The van der Waals surface area contributed by atoms with Crippen LogP contribution in [-0.2, 0) is 34.8 Å². The lowest BCUT2D eigenvalue weighted by Crippen LogP contribution is -2.16. The largest absolute Gasteiger partial charge is 0.446 e. The minimum Gasteiger partial charge on any atom is -0.399 e. The summed E-state index contributed by atoms with van der Waals surface area (Å²) < 4.78 is 93.3. The topological polar surface area (TPSA) is 187 Å². The predicted molar refractivity (Wildman–Crippen MR) is 90.1 cm³/mol. The summed E-state index contributed by atoms with van der Waals surface area (Å²) in [6.07, 6.45) is 0. The van der Waals surface area contributed by atoms with Crippen molar-refractivity contribution in [1.29, 1.82) is 0 Å². The molecule has 0 saturated heterocycles. The SMILES string of the molecule is Nc1ccc2cc(S(=O)(=O)CCOS(=O)(=O)O)cc(OS(=O)(=O)O)c2c1. The Morgan fingerprint density at radius 1 is 0.923 bits per heavy atom. The summed E-state index contributed by atoms with van der Waals surface area (Å²) in [7, 11) is -13.9. The molecule has 144 valence electrons. The maximum atomic E-state index is 12.3. The molecule has 11 nitrogen and oxygen atoms in total. The van der Waals surface area contributed by atoms with Gasteiger partial charge in [0.15, 0.2) is 15.6 Å². The molecule has 0 unspecified atom stereocenters. The van der Waals surface area contributed by atoms with Crippen molar-refractivity contribution in [3.05, 3.63) is 30.3 Å². The van der Waals surface area contributed by atoms with Crippen molar-refractivity contribution in [2.45, 2.75) is 4.90 Å². The zero-order valence-electron chi connectivity index (χ0n) is 12.8. The summed E-state index contributed by atoms with van der Waals surface area (Å²) in [5, 5.41) is 0.352. The Labute approximate surface area is 149 Å². The van der Waals surface area contributed by atoms with E-state index in [4.69, 9.17) is 14.8 Å². The van der Waals surface area contributed by atoms with E-state index in [1.807, 2.05) is 0 Å². The van der Waals surface area contributed by atoms with Crippen LogP contribution in [0.5, 0.6) is 5.75 Å². The minimum atomic E-state index is -4.95. The van der Waals surface area contributed by atoms with Crippen LogP contribution in [0.4, 0.5) is 5.69 Å². The second-order valence-electron chi connectivity index (χ2n) is 4.98. The van der Waals surface area contributed by atoms with E-state index in [0.29, 0.717) is 0 Å². The van der Waals surface area contributed by atoms with E-state index in [2.05, 4.69) is 8.37 Å². The van der Waals surface area contributed by atoms with Gasteiger partial charge in [-0.05, 0) is 23.6 Å². The Morgan fingerprint density at radius 3 is 2.15 bits per heavy atom. The summed E-state index contributed by atoms with van der Waals surface area (Å²) in [6.45, 7) is -0.866. The second kappa shape index (κ2) is 6.98. The van der Waals surface area contributed by atoms with Crippen molar-refractivity contribution in [1.82, 2.24) is 0 Å². The molecule has 14 heteroatoms. The van der Waals surface area contributed by atoms with E-state index in [0.717, 1.165) is 6.07 Å². The van der Waals surface area contributed by atoms with Crippen LogP contribution in [-0.4, -0.2) is 46.7 Å². The van der Waals surface area contributed by atoms with Crippen LogP contribution in [0.3, 0.4) is 0 Å². The summed E-state index contributed by atoms with van der Waals surface area (Å²) in [6, 6.07) is 6.15. The number of hydrogen-bond acceptors (Lipinski definition) is 9. The Hall–Kier alpha value is -1.97. The van der Waals surface area contributed by atoms with Gasteiger partial charge >= 0.3 is 20.8 Å². The lowest BCUT2D eigenvalue weighted by Gasteiger charge is -2.11. The van der Waals surface area contributed by atoms with Crippen molar-refractivity contribution in [2.24, 2.45) is 0 Å². The lowest BCUT2D eigenvalue weighted by molar-refractivity contribution is 0.284. The Morgan fingerprint density at radius 2 is 1.58 bits per heavy atom. The third kappa shape index (κ3) is 5.52. The van der Waals surface area contributed by atoms with Crippen molar-refractivity contribution in [3.63, 3.8) is 0 Å². The molecule has 0 heterocycles. The molecule has 0 radical (unpaired) electrons. The van der Waals surface area contributed by atoms with E-state index in [1.165, 1.54) is 24.3 Å². The van der Waals surface area contributed by atoms with Gasteiger partial charge in [-0.25, -0.2) is 12.6 Å². The van der Waals surface area contributed by atoms with Gasteiger partial charge in [-0.15, -0.1) is 0 Å². The molecule has 0 fully saturated rings. The number of rotatable bonds is 7. The molecule has 0 amide bonds. The summed E-state index contributed by atoms with van der Waals surface area (Å²) >= 11 is 0. The van der Waals surface area contributed by atoms with Gasteiger partial charge in [-0.1, -0.05) is 6.07 Å². The fraction of sp³-hybridized carbons (Fsp3) is 0.167. The molecule has 2 aromatic carbocycles.